The zero-order chi connectivity index (χ0) is 10.8. The average Bonchev–Trinajstić information content (AvgIpc) is 2.43. The van der Waals surface area contributed by atoms with Crippen LogP contribution in [0.25, 0.3) is 0 Å². The van der Waals surface area contributed by atoms with Gasteiger partial charge in [-0.15, -0.1) is 0 Å². The van der Waals surface area contributed by atoms with E-state index in [-0.39, 0.29) is 0 Å². The standard InChI is InChI=1S/C13H27N/c1-6-7-8-14-10-12(9-11(14)2)13(3,4)5/h11-12H,6-10H2,1-5H3/t11-,12+/m1/s1. The summed E-state index contributed by atoms with van der Waals surface area (Å²) in [4.78, 5) is 2.68. The van der Waals surface area contributed by atoms with Crippen LogP contribution in [0.1, 0.15) is 53.9 Å². The Morgan fingerprint density at radius 1 is 1.29 bits per heavy atom. The predicted octanol–water partition coefficient (Wildman–Crippen LogP) is 3.54. The third kappa shape index (κ3) is 2.98. The molecule has 1 heterocycles. The van der Waals surface area contributed by atoms with E-state index in [0.29, 0.717) is 5.41 Å². The lowest BCUT2D eigenvalue weighted by Gasteiger charge is -2.27. The van der Waals surface area contributed by atoms with Gasteiger partial charge >= 0.3 is 0 Å². The molecule has 0 aromatic heterocycles. The summed E-state index contributed by atoms with van der Waals surface area (Å²) in [5, 5.41) is 0. The van der Waals surface area contributed by atoms with E-state index in [4.69, 9.17) is 0 Å². The van der Waals surface area contributed by atoms with Gasteiger partial charge in [0.05, 0.1) is 0 Å². The van der Waals surface area contributed by atoms with Gasteiger partial charge in [0.2, 0.25) is 0 Å². The van der Waals surface area contributed by atoms with Crippen LogP contribution < -0.4 is 0 Å². The largest absolute Gasteiger partial charge is 0.300 e. The van der Waals surface area contributed by atoms with Crippen LogP contribution in [-0.4, -0.2) is 24.0 Å². The molecule has 1 aliphatic rings. The summed E-state index contributed by atoms with van der Waals surface area (Å²) in [6.45, 7) is 14.5. The first-order valence-corrected chi connectivity index (χ1v) is 6.19. The monoisotopic (exact) mass is 197 g/mol. The van der Waals surface area contributed by atoms with Crippen molar-refractivity contribution in [2.24, 2.45) is 11.3 Å². The molecule has 2 atom stereocenters. The lowest BCUT2D eigenvalue weighted by Crippen LogP contribution is -2.29. The van der Waals surface area contributed by atoms with Crippen molar-refractivity contribution in [1.29, 1.82) is 0 Å². The highest BCUT2D eigenvalue weighted by atomic mass is 15.2. The van der Waals surface area contributed by atoms with Gasteiger partial charge < -0.3 is 4.90 Å². The first-order valence-electron chi connectivity index (χ1n) is 6.19. The molecule has 0 bridgehead atoms. The molecule has 1 nitrogen and oxygen atoms in total. The number of unbranched alkanes of at least 4 members (excludes halogenated alkanes) is 1. The molecule has 0 amide bonds. The van der Waals surface area contributed by atoms with Crippen molar-refractivity contribution < 1.29 is 0 Å². The van der Waals surface area contributed by atoms with Crippen molar-refractivity contribution in [2.75, 3.05) is 13.1 Å². The fourth-order valence-electron chi connectivity index (χ4n) is 2.40. The van der Waals surface area contributed by atoms with Gasteiger partial charge in [-0.1, -0.05) is 34.1 Å². The molecule has 1 rings (SSSR count). The quantitative estimate of drug-likeness (QED) is 0.669. The lowest BCUT2D eigenvalue weighted by atomic mass is 9.79. The van der Waals surface area contributed by atoms with E-state index in [0.717, 1.165) is 12.0 Å². The molecular formula is C13H27N. The highest BCUT2D eigenvalue weighted by molar-refractivity contribution is 4.88. The summed E-state index contributed by atoms with van der Waals surface area (Å²) < 4.78 is 0. The Labute approximate surface area is 89.9 Å². The Kier molecular flexibility index (Phi) is 4.00. The SMILES string of the molecule is CCCCN1C[C@@H](C(C)(C)C)C[C@H]1C. The predicted molar refractivity (Wildman–Crippen MR) is 63.5 cm³/mol. The number of rotatable bonds is 3. The minimum absolute atomic E-state index is 0.495. The minimum atomic E-state index is 0.495. The third-order valence-electron chi connectivity index (χ3n) is 3.73. The lowest BCUT2D eigenvalue weighted by molar-refractivity contribution is 0.220. The summed E-state index contributed by atoms with van der Waals surface area (Å²) in [5.41, 5.74) is 0.495. The third-order valence-corrected chi connectivity index (χ3v) is 3.73. The van der Waals surface area contributed by atoms with Gasteiger partial charge in [0.25, 0.3) is 0 Å². The number of nitrogens with zero attached hydrogens (tertiary/aromatic N) is 1. The molecule has 1 saturated heterocycles. The van der Waals surface area contributed by atoms with Gasteiger partial charge in [-0.25, -0.2) is 0 Å². The van der Waals surface area contributed by atoms with Crippen molar-refractivity contribution >= 4 is 0 Å². The first-order chi connectivity index (χ1) is 6.45. The van der Waals surface area contributed by atoms with Crippen LogP contribution in [0, 0.1) is 11.3 Å². The Bertz CT molecular complexity index is 169. The second kappa shape index (κ2) is 4.65. The zero-order valence-corrected chi connectivity index (χ0v) is 10.6. The Morgan fingerprint density at radius 3 is 2.36 bits per heavy atom. The van der Waals surface area contributed by atoms with E-state index >= 15 is 0 Å². The molecule has 0 radical (unpaired) electrons. The van der Waals surface area contributed by atoms with E-state index in [9.17, 15) is 0 Å². The molecule has 0 spiro atoms. The van der Waals surface area contributed by atoms with E-state index in [1.165, 1.54) is 32.4 Å². The van der Waals surface area contributed by atoms with Crippen LogP contribution in [0.4, 0.5) is 0 Å². The van der Waals surface area contributed by atoms with Crippen LogP contribution in [0.3, 0.4) is 0 Å². The van der Waals surface area contributed by atoms with Gasteiger partial charge in [-0.05, 0) is 37.6 Å². The molecule has 0 unspecified atom stereocenters. The molecule has 1 aliphatic heterocycles. The zero-order valence-electron chi connectivity index (χ0n) is 10.6. The van der Waals surface area contributed by atoms with E-state index in [1.807, 2.05) is 0 Å². The molecular weight excluding hydrogens is 170 g/mol. The maximum absolute atomic E-state index is 2.68. The van der Waals surface area contributed by atoms with E-state index < -0.39 is 0 Å². The molecule has 14 heavy (non-hydrogen) atoms. The van der Waals surface area contributed by atoms with Crippen molar-refractivity contribution in [1.82, 2.24) is 4.90 Å². The second-order valence-corrected chi connectivity index (χ2v) is 6.00. The van der Waals surface area contributed by atoms with Gasteiger partial charge in [0.1, 0.15) is 0 Å². The fraction of sp³-hybridized carbons (Fsp3) is 1.00. The highest BCUT2D eigenvalue weighted by Crippen LogP contribution is 2.36. The highest BCUT2D eigenvalue weighted by Gasteiger charge is 2.35. The van der Waals surface area contributed by atoms with Crippen molar-refractivity contribution in [3.05, 3.63) is 0 Å². The molecule has 84 valence electrons. The smallest absolute Gasteiger partial charge is 0.00703 e. The second-order valence-electron chi connectivity index (χ2n) is 6.00. The molecule has 1 fully saturated rings. The number of hydrogen-bond donors (Lipinski definition) is 0. The average molecular weight is 197 g/mol. The maximum atomic E-state index is 2.68. The van der Waals surface area contributed by atoms with Crippen molar-refractivity contribution in [3.8, 4) is 0 Å². The molecule has 0 saturated carbocycles. The summed E-state index contributed by atoms with van der Waals surface area (Å²) in [7, 11) is 0. The van der Waals surface area contributed by atoms with Gasteiger partial charge in [-0.3, -0.25) is 0 Å². The van der Waals surface area contributed by atoms with Crippen LogP contribution >= 0.6 is 0 Å². The summed E-state index contributed by atoms with van der Waals surface area (Å²) in [5.74, 6) is 0.898. The fourth-order valence-corrected chi connectivity index (χ4v) is 2.40. The Balaban J connectivity index is 2.43. The van der Waals surface area contributed by atoms with Gasteiger partial charge in [-0.2, -0.15) is 0 Å². The van der Waals surface area contributed by atoms with Crippen LogP contribution in [0.5, 0.6) is 0 Å². The summed E-state index contributed by atoms with van der Waals surface area (Å²) in [6, 6.07) is 0.811. The van der Waals surface area contributed by atoms with Crippen molar-refractivity contribution in [2.45, 2.75) is 59.9 Å². The van der Waals surface area contributed by atoms with E-state index in [1.54, 1.807) is 0 Å². The molecule has 1 heteroatoms. The Morgan fingerprint density at radius 2 is 1.93 bits per heavy atom. The minimum Gasteiger partial charge on any atom is -0.300 e. The number of likely N-dealkylation sites (tertiary alicyclic amines) is 1. The molecule has 0 N–H and O–H groups in total. The van der Waals surface area contributed by atoms with Gasteiger partial charge in [0, 0.05) is 12.6 Å². The van der Waals surface area contributed by atoms with Crippen molar-refractivity contribution in [3.63, 3.8) is 0 Å². The summed E-state index contributed by atoms with van der Waals surface area (Å²) >= 11 is 0. The first kappa shape index (κ1) is 12.0. The van der Waals surface area contributed by atoms with E-state index in [2.05, 4.69) is 39.5 Å². The number of hydrogen-bond acceptors (Lipinski definition) is 1. The maximum Gasteiger partial charge on any atom is 0.00703 e. The molecule has 0 aliphatic carbocycles. The normalized spacial score (nSPS) is 29.8. The topological polar surface area (TPSA) is 3.24 Å². The van der Waals surface area contributed by atoms with Crippen LogP contribution in [0.15, 0.2) is 0 Å². The molecule has 0 aromatic carbocycles. The molecule has 0 aromatic rings. The Hall–Kier alpha value is -0.0400. The van der Waals surface area contributed by atoms with Crippen LogP contribution in [0.2, 0.25) is 0 Å². The van der Waals surface area contributed by atoms with Gasteiger partial charge in [0.15, 0.2) is 0 Å². The van der Waals surface area contributed by atoms with Crippen LogP contribution in [-0.2, 0) is 0 Å². The summed E-state index contributed by atoms with van der Waals surface area (Å²) in [6.07, 6.45) is 4.08.